The molecule has 0 saturated carbocycles. The molecule has 2 unspecified atom stereocenters. The first-order valence-electron chi connectivity index (χ1n) is 29.3. The van der Waals surface area contributed by atoms with Crippen LogP contribution >= 0.6 is 0 Å². The van der Waals surface area contributed by atoms with Crippen molar-refractivity contribution in [3.8, 4) is 0 Å². The quantitative estimate of drug-likeness (QED) is 0.0420. The fourth-order valence-electron chi connectivity index (χ4n) is 8.67. The molecule has 4 nitrogen and oxygen atoms in total. The van der Waals surface area contributed by atoms with Crippen LogP contribution < -0.4 is 5.32 Å². The summed E-state index contributed by atoms with van der Waals surface area (Å²) >= 11 is 0. The van der Waals surface area contributed by atoms with Crippen LogP contribution in [-0.4, -0.2) is 34.9 Å². The van der Waals surface area contributed by atoms with E-state index in [1.807, 2.05) is 6.08 Å². The lowest BCUT2D eigenvalue weighted by Gasteiger charge is -2.19. The number of carbonyl (C=O) groups excluding carboxylic acids is 1. The second-order valence-electron chi connectivity index (χ2n) is 19.7. The fourth-order valence-corrected chi connectivity index (χ4v) is 8.67. The van der Waals surface area contributed by atoms with Gasteiger partial charge in [0.05, 0.1) is 18.8 Å². The summed E-state index contributed by atoms with van der Waals surface area (Å²) in [6, 6.07) is -0.650. The van der Waals surface area contributed by atoms with Crippen LogP contribution in [0.2, 0.25) is 0 Å². The minimum atomic E-state index is -0.875. The van der Waals surface area contributed by atoms with Gasteiger partial charge in [0.1, 0.15) is 0 Å². The zero-order valence-corrected chi connectivity index (χ0v) is 44.7. The second-order valence-corrected chi connectivity index (χ2v) is 19.7. The minimum absolute atomic E-state index is 0.0776. The molecule has 0 aliphatic rings. The van der Waals surface area contributed by atoms with Gasteiger partial charge >= 0.3 is 0 Å². The van der Waals surface area contributed by atoms with E-state index in [-0.39, 0.29) is 12.5 Å². The maximum Gasteiger partial charge on any atom is 0.220 e. The summed E-state index contributed by atoms with van der Waals surface area (Å²) in [6.45, 7) is 4.20. The molecule has 0 heterocycles. The largest absolute Gasteiger partial charge is 0.394 e. The van der Waals surface area contributed by atoms with Crippen LogP contribution in [0, 0.1) is 0 Å². The number of rotatable bonds is 53. The maximum atomic E-state index is 12.5. The summed E-state index contributed by atoms with van der Waals surface area (Å²) in [7, 11) is 0. The number of amides is 1. The molecule has 0 spiro atoms. The highest BCUT2D eigenvalue weighted by Gasteiger charge is 2.18. The molecule has 0 saturated heterocycles. The number of allylic oxidation sites excluding steroid dienone is 13. The first-order chi connectivity index (χ1) is 33.2. The SMILES string of the molecule is CC/C=C\C/C=C\C/C=C\C/C=C\CCCCCCCCCCCCCCCCCCC(=O)NC(CO)C(O)/C=C/CC/C=C/CC/C=C/CCCCCCCCCCCCCCCCCC. The van der Waals surface area contributed by atoms with Gasteiger partial charge < -0.3 is 15.5 Å². The van der Waals surface area contributed by atoms with Gasteiger partial charge in [-0.2, -0.15) is 0 Å². The molecule has 0 aromatic heterocycles. The zero-order chi connectivity index (χ0) is 48.5. The fraction of sp³-hybridized carbons (Fsp3) is 0.762. The third-order valence-electron chi connectivity index (χ3n) is 13.1. The van der Waals surface area contributed by atoms with Crippen LogP contribution in [0.3, 0.4) is 0 Å². The monoisotopic (exact) mass is 932 g/mol. The Balaban J connectivity index is 3.55. The van der Waals surface area contributed by atoms with E-state index in [1.165, 1.54) is 205 Å². The molecule has 0 aromatic rings. The third kappa shape index (κ3) is 54.4. The summed E-state index contributed by atoms with van der Waals surface area (Å²) < 4.78 is 0. The van der Waals surface area contributed by atoms with E-state index in [0.717, 1.165) is 64.2 Å². The van der Waals surface area contributed by atoms with Gasteiger partial charge in [-0.15, -0.1) is 0 Å². The van der Waals surface area contributed by atoms with Crippen LogP contribution in [0.15, 0.2) is 85.1 Å². The summed E-state index contributed by atoms with van der Waals surface area (Å²) in [6.07, 6.45) is 84.7. The molecule has 3 N–H and O–H groups in total. The van der Waals surface area contributed by atoms with Crippen molar-refractivity contribution < 1.29 is 15.0 Å². The molecule has 2 atom stereocenters. The Morgan fingerprint density at radius 2 is 0.672 bits per heavy atom. The predicted molar refractivity (Wildman–Crippen MR) is 299 cm³/mol. The smallest absolute Gasteiger partial charge is 0.220 e. The Kier molecular flexibility index (Phi) is 55.8. The molecule has 388 valence electrons. The number of nitrogens with one attached hydrogen (secondary N) is 1. The maximum absolute atomic E-state index is 12.5. The topological polar surface area (TPSA) is 69.6 Å². The van der Waals surface area contributed by atoms with E-state index in [2.05, 4.69) is 92.1 Å². The molecule has 0 aromatic carbocycles. The Hall–Kier alpha value is -2.43. The number of hydrogen-bond acceptors (Lipinski definition) is 3. The molecule has 0 fully saturated rings. The van der Waals surface area contributed by atoms with Gasteiger partial charge in [-0.25, -0.2) is 0 Å². The standard InChI is InChI=1S/C63H113NO3/c1-3-5-7-9-11-13-15-17-19-21-23-25-27-29-31-32-33-35-37-39-41-43-45-47-49-51-53-55-57-59-63(67)64-61(60-65)62(66)58-56-54-52-50-48-46-44-42-40-38-36-34-30-28-26-24-22-20-18-16-14-12-10-8-6-4-2/h5,7,11,13,17,19,23,25,40,42,48,50,56,58,61-62,65-66H,3-4,6,8-10,12,14-16,18,20-22,24,26-39,41,43-47,49,51-55,57,59-60H2,1-2H3,(H,64,67)/b7-5-,13-11-,19-17-,25-23-,42-40+,50-48+,58-56+. The van der Waals surface area contributed by atoms with Crippen molar-refractivity contribution in [2.45, 2.75) is 302 Å². The first-order valence-corrected chi connectivity index (χ1v) is 29.3. The predicted octanol–water partition coefficient (Wildman–Crippen LogP) is 19.5. The molecular formula is C63H113NO3. The van der Waals surface area contributed by atoms with Gasteiger partial charge in [0.25, 0.3) is 0 Å². The van der Waals surface area contributed by atoms with Crippen LogP contribution in [0.4, 0.5) is 0 Å². The number of aliphatic hydroxyl groups excluding tert-OH is 2. The summed E-state index contributed by atoms with van der Waals surface area (Å²) in [5.74, 6) is -0.0776. The Morgan fingerprint density at radius 1 is 0.373 bits per heavy atom. The minimum Gasteiger partial charge on any atom is -0.394 e. The molecule has 0 radical (unpaired) electrons. The van der Waals surface area contributed by atoms with Crippen LogP contribution in [0.1, 0.15) is 290 Å². The first kappa shape index (κ1) is 64.6. The van der Waals surface area contributed by atoms with E-state index in [1.54, 1.807) is 6.08 Å². The Bertz CT molecular complexity index is 1190. The average Bonchev–Trinajstić information content (AvgIpc) is 3.33. The van der Waals surface area contributed by atoms with Crippen molar-refractivity contribution in [1.82, 2.24) is 5.32 Å². The van der Waals surface area contributed by atoms with Crippen molar-refractivity contribution in [3.63, 3.8) is 0 Å². The van der Waals surface area contributed by atoms with Gasteiger partial charge in [-0.1, -0.05) is 285 Å². The lowest BCUT2D eigenvalue weighted by atomic mass is 10.0. The van der Waals surface area contributed by atoms with E-state index >= 15 is 0 Å². The normalized spacial score (nSPS) is 13.4. The highest BCUT2D eigenvalue weighted by atomic mass is 16.3. The van der Waals surface area contributed by atoms with Crippen LogP contribution in [0.25, 0.3) is 0 Å². The molecule has 0 rings (SSSR count). The van der Waals surface area contributed by atoms with E-state index in [9.17, 15) is 15.0 Å². The molecule has 0 aliphatic heterocycles. The highest BCUT2D eigenvalue weighted by Crippen LogP contribution is 2.16. The van der Waals surface area contributed by atoms with Crippen molar-refractivity contribution in [1.29, 1.82) is 0 Å². The summed E-state index contributed by atoms with van der Waals surface area (Å²) in [5, 5.41) is 23.2. The van der Waals surface area contributed by atoms with Gasteiger partial charge in [-0.3, -0.25) is 4.79 Å². The lowest BCUT2D eigenvalue weighted by molar-refractivity contribution is -0.123. The van der Waals surface area contributed by atoms with E-state index in [0.29, 0.717) is 6.42 Å². The highest BCUT2D eigenvalue weighted by molar-refractivity contribution is 5.76. The molecule has 4 heteroatoms. The van der Waals surface area contributed by atoms with Crippen LogP contribution in [-0.2, 0) is 4.79 Å². The van der Waals surface area contributed by atoms with Gasteiger partial charge in [-0.05, 0) is 83.5 Å². The molecule has 1 amide bonds. The van der Waals surface area contributed by atoms with Gasteiger partial charge in [0.15, 0.2) is 0 Å². The van der Waals surface area contributed by atoms with Crippen molar-refractivity contribution >= 4 is 5.91 Å². The van der Waals surface area contributed by atoms with E-state index < -0.39 is 12.1 Å². The molecule has 0 bridgehead atoms. The third-order valence-corrected chi connectivity index (χ3v) is 13.1. The van der Waals surface area contributed by atoms with E-state index in [4.69, 9.17) is 0 Å². The Morgan fingerprint density at radius 3 is 1.04 bits per heavy atom. The van der Waals surface area contributed by atoms with Gasteiger partial charge in [0.2, 0.25) is 5.91 Å². The van der Waals surface area contributed by atoms with Crippen LogP contribution in [0.5, 0.6) is 0 Å². The molecule has 0 aliphatic carbocycles. The number of carbonyl (C=O) groups is 1. The molecule has 67 heavy (non-hydrogen) atoms. The van der Waals surface area contributed by atoms with Crippen molar-refractivity contribution in [2.75, 3.05) is 6.61 Å². The molecular weight excluding hydrogens is 819 g/mol. The van der Waals surface area contributed by atoms with Crippen molar-refractivity contribution in [2.24, 2.45) is 0 Å². The number of unbranched alkanes of at least 4 members (excludes halogenated alkanes) is 34. The Labute approximate surface area is 418 Å². The zero-order valence-electron chi connectivity index (χ0n) is 44.7. The number of hydrogen-bond donors (Lipinski definition) is 3. The van der Waals surface area contributed by atoms with Gasteiger partial charge in [0, 0.05) is 6.42 Å². The second kappa shape index (κ2) is 57.9. The summed E-state index contributed by atoms with van der Waals surface area (Å²) in [5.41, 5.74) is 0. The lowest BCUT2D eigenvalue weighted by Crippen LogP contribution is -2.45. The van der Waals surface area contributed by atoms with Crippen molar-refractivity contribution in [3.05, 3.63) is 85.1 Å². The summed E-state index contributed by atoms with van der Waals surface area (Å²) in [4.78, 5) is 12.5. The average molecular weight is 933 g/mol. The number of aliphatic hydroxyl groups is 2.